The van der Waals surface area contributed by atoms with E-state index in [4.69, 9.17) is 21.1 Å². The number of carbonyl (C=O) groups excluding carboxylic acids is 1. The first kappa shape index (κ1) is 33.7. The van der Waals surface area contributed by atoms with Crippen LogP contribution in [0, 0.1) is 17.8 Å². The molecule has 0 aromatic heterocycles. The number of hydrogen-bond acceptors (Lipinski definition) is 5. The largest absolute Gasteiger partial charge is 0.496 e. The van der Waals surface area contributed by atoms with Crippen LogP contribution in [0.15, 0.2) is 71.6 Å². The number of amides is 1. The number of fused-ring (bicyclic) bond motifs is 1. The number of sulfonamides is 1. The van der Waals surface area contributed by atoms with E-state index >= 15 is 8.78 Å². The van der Waals surface area contributed by atoms with Gasteiger partial charge >= 0.3 is 0 Å². The van der Waals surface area contributed by atoms with Gasteiger partial charge in [-0.15, -0.1) is 0 Å². The summed E-state index contributed by atoms with van der Waals surface area (Å²) in [5.74, 6) is -3.26. The number of nitrogens with zero attached hydrogens (tertiary/aromatic N) is 1. The Bertz CT molecular complexity index is 1650. The maximum atomic E-state index is 16.6. The lowest BCUT2D eigenvalue weighted by Gasteiger charge is -2.31. The molecule has 0 spiro atoms. The molecule has 2 saturated carbocycles. The molecule has 47 heavy (non-hydrogen) atoms. The van der Waals surface area contributed by atoms with Crippen molar-refractivity contribution >= 4 is 27.5 Å². The second-order valence-electron chi connectivity index (χ2n) is 13.1. The fraction of sp³-hybridized carbons (Fsp3) is 0.472. The number of likely N-dealkylation sites (tertiary alicyclic amines) is 1. The first-order valence-corrected chi connectivity index (χ1v) is 18.3. The van der Waals surface area contributed by atoms with Gasteiger partial charge in [0.25, 0.3) is 5.92 Å². The van der Waals surface area contributed by atoms with Gasteiger partial charge in [0.15, 0.2) is 6.04 Å². The van der Waals surface area contributed by atoms with Gasteiger partial charge in [0.1, 0.15) is 11.5 Å². The van der Waals surface area contributed by atoms with Crippen molar-refractivity contribution in [1.29, 1.82) is 0 Å². The lowest BCUT2D eigenvalue weighted by Crippen LogP contribution is -2.56. The zero-order valence-corrected chi connectivity index (χ0v) is 28.0. The third-order valence-electron chi connectivity index (χ3n) is 10.0. The molecular formula is C36H41ClF2N2O5S. The molecule has 3 fully saturated rings. The third-order valence-corrected chi connectivity index (χ3v) is 11.7. The average molecular weight is 687 g/mol. The van der Waals surface area contributed by atoms with Crippen molar-refractivity contribution in [3.05, 3.63) is 77.3 Å². The van der Waals surface area contributed by atoms with Crippen LogP contribution in [0.25, 0.3) is 11.1 Å². The molecule has 1 saturated heterocycles. The van der Waals surface area contributed by atoms with Gasteiger partial charge in [-0.25, -0.2) is 8.42 Å². The van der Waals surface area contributed by atoms with Gasteiger partial charge in [-0.2, -0.15) is 13.5 Å². The summed E-state index contributed by atoms with van der Waals surface area (Å²) in [5.41, 5.74) is 0.702. The van der Waals surface area contributed by atoms with Gasteiger partial charge < -0.3 is 14.4 Å². The first-order chi connectivity index (χ1) is 22.5. The van der Waals surface area contributed by atoms with E-state index in [0.717, 1.165) is 38.2 Å². The lowest BCUT2D eigenvalue weighted by molar-refractivity contribution is -0.143. The lowest BCUT2D eigenvalue weighted by atomic mass is 9.90. The topological polar surface area (TPSA) is 84.9 Å². The Hall–Kier alpha value is -3.21. The molecule has 3 aliphatic rings. The number of rotatable bonds is 11. The Labute approximate surface area is 280 Å². The Morgan fingerprint density at radius 3 is 2.23 bits per heavy atom. The van der Waals surface area contributed by atoms with Gasteiger partial charge in [0.05, 0.1) is 18.6 Å². The predicted octanol–water partition coefficient (Wildman–Crippen LogP) is 7.67. The van der Waals surface area contributed by atoms with Gasteiger partial charge in [0.2, 0.25) is 15.9 Å². The van der Waals surface area contributed by atoms with Gasteiger partial charge in [-0.1, -0.05) is 61.5 Å². The molecule has 1 N–H and O–H groups in total. The number of alkyl halides is 2. The number of ether oxygens (including phenoxy) is 2. The minimum absolute atomic E-state index is 0.151. The van der Waals surface area contributed by atoms with Crippen LogP contribution in [0.1, 0.15) is 56.9 Å². The minimum Gasteiger partial charge on any atom is -0.496 e. The summed E-state index contributed by atoms with van der Waals surface area (Å²) in [5, 5.41) is 0.525. The SMILES string of the molecule is COc1cc(C(F)(F)C(NS(=O)(=O)c2ccc(OCC3CCCCC3)cc2)C(=O)N2C[C@H]3CCC[C@H]3C2)ccc1-c1ccc(Cl)cc1. The summed E-state index contributed by atoms with van der Waals surface area (Å²) in [4.78, 5) is 15.1. The van der Waals surface area contributed by atoms with Crippen molar-refractivity contribution in [2.45, 2.75) is 68.2 Å². The average Bonchev–Trinajstić information content (AvgIpc) is 3.70. The molecule has 3 aromatic carbocycles. The highest BCUT2D eigenvalue weighted by atomic mass is 35.5. The van der Waals surface area contributed by atoms with Gasteiger partial charge in [0, 0.05) is 29.2 Å². The van der Waals surface area contributed by atoms with E-state index in [1.165, 1.54) is 67.7 Å². The fourth-order valence-corrected chi connectivity index (χ4v) is 8.63. The van der Waals surface area contributed by atoms with Crippen molar-refractivity contribution in [2.75, 3.05) is 26.8 Å². The maximum Gasteiger partial charge on any atom is 0.298 e. The third kappa shape index (κ3) is 7.44. The second-order valence-corrected chi connectivity index (χ2v) is 15.2. The van der Waals surface area contributed by atoms with Crippen LogP contribution >= 0.6 is 11.6 Å². The van der Waals surface area contributed by atoms with Crippen LogP contribution in [-0.4, -0.2) is 52.1 Å². The summed E-state index contributed by atoms with van der Waals surface area (Å²) >= 11 is 6.03. The standard InChI is InChI=1S/C36H41ClF2N2O5S/c1-45-33-20-28(12-19-32(33)25-10-13-29(37)14-11-25)36(38,39)34(35(42)41-21-26-8-5-9-27(26)22-41)40-47(43,44)31-17-15-30(16-18-31)46-23-24-6-3-2-4-7-24/h10-20,24,26-27,34,40H,2-9,21-23H2,1H3/t26-,27+,34?. The molecule has 6 rings (SSSR count). The van der Waals surface area contributed by atoms with E-state index in [0.29, 0.717) is 47.5 Å². The van der Waals surface area contributed by atoms with E-state index in [1.54, 1.807) is 24.3 Å². The van der Waals surface area contributed by atoms with Gasteiger partial charge in [-0.05, 0) is 91.5 Å². The van der Waals surface area contributed by atoms with E-state index in [2.05, 4.69) is 4.72 Å². The van der Waals surface area contributed by atoms with Crippen LogP contribution in [0.2, 0.25) is 5.02 Å². The molecule has 1 heterocycles. The van der Waals surface area contributed by atoms with E-state index in [9.17, 15) is 13.2 Å². The Morgan fingerprint density at radius 2 is 1.60 bits per heavy atom. The molecule has 0 bridgehead atoms. The summed E-state index contributed by atoms with van der Waals surface area (Å²) < 4.78 is 74.1. The van der Waals surface area contributed by atoms with Crippen molar-refractivity contribution in [2.24, 2.45) is 17.8 Å². The van der Waals surface area contributed by atoms with Crippen molar-refractivity contribution < 1.29 is 31.5 Å². The highest BCUT2D eigenvalue weighted by Gasteiger charge is 2.52. The monoisotopic (exact) mass is 686 g/mol. The number of benzene rings is 3. The number of halogens is 3. The summed E-state index contributed by atoms with van der Waals surface area (Å²) in [6.07, 6.45) is 8.71. The number of carbonyl (C=O) groups is 1. The summed E-state index contributed by atoms with van der Waals surface area (Å²) in [6, 6.07) is 14.0. The zero-order chi connectivity index (χ0) is 33.2. The zero-order valence-electron chi connectivity index (χ0n) is 26.5. The van der Waals surface area contributed by atoms with Crippen LogP contribution in [-0.2, 0) is 20.7 Å². The van der Waals surface area contributed by atoms with Crippen molar-refractivity contribution in [3.63, 3.8) is 0 Å². The van der Waals surface area contributed by atoms with Crippen LogP contribution in [0.5, 0.6) is 11.5 Å². The Kier molecular flexibility index (Phi) is 10.1. The normalized spacial score (nSPS) is 21.0. The molecule has 3 atom stereocenters. The summed E-state index contributed by atoms with van der Waals surface area (Å²) in [6.45, 7) is 1.22. The molecule has 1 amide bonds. The highest BCUT2D eigenvalue weighted by molar-refractivity contribution is 7.89. The molecule has 3 aromatic rings. The maximum absolute atomic E-state index is 16.6. The van der Waals surface area contributed by atoms with Crippen LogP contribution in [0.4, 0.5) is 8.78 Å². The molecule has 0 radical (unpaired) electrons. The number of hydrogen-bond donors (Lipinski definition) is 1. The first-order valence-electron chi connectivity index (χ1n) is 16.4. The molecule has 1 unspecified atom stereocenters. The molecule has 252 valence electrons. The summed E-state index contributed by atoms with van der Waals surface area (Å²) in [7, 11) is -3.18. The predicted molar refractivity (Wildman–Crippen MR) is 177 cm³/mol. The minimum atomic E-state index is -4.54. The van der Waals surface area contributed by atoms with E-state index in [1.807, 2.05) is 0 Å². The van der Waals surface area contributed by atoms with Crippen molar-refractivity contribution in [1.82, 2.24) is 9.62 Å². The number of methoxy groups -OCH3 is 1. The smallest absolute Gasteiger partial charge is 0.298 e. The highest BCUT2D eigenvalue weighted by Crippen LogP contribution is 2.42. The van der Waals surface area contributed by atoms with Crippen molar-refractivity contribution in [3.8, 4) is 22.6 Å². The number of nitrogens with one attached hydrogen (secondary N) is 1. The van der Waals surface area contributed by atoms with E-state index in [-0.39, 0.29) is 22.5 Å². The Balaban J connectivity index is 1.27. The molecule has 11 heteroatoms. The van der Waals surface area contributed by atoms with Gasteiger partial charge in [-0.3, -0.25) is 4.79 Å². The fourth-order valence-electron chi connectivity index (χ4n) is 7.32. The van der Waals surface area contributed by atoms with Crippen LogP contribution < -0.4 is 14.2 Å². The molecule has 2 aliphatic carbocycles. The Morgan fingerprint density at radius 1 is 0.936 bits per heavy atom. The quantitative estimate of drug-likeness (QED) is 0.224. The van der Waals surface area contributed by atoms with E-state index < -0.39 is 33.5 Å². The molecule has 7 nitrogen and oxygen atoms in total. The molecule has 1 aliphatic heterocycles. The van der Waals surface area contributed by atoms with Crippen LogP contribution in [0.3, 0.4) is 0 Å². The molecular weight excluding hydrogens is 646 g/mol. The second kappa shape index (κ2) is 14.1.